The molecule has 1 spiro atoms. The van der Waals surface area contributed by atoms with Crippen molar-refractivity contribution in [1.29, 1.82) is 0 Å². The highest BCUT2D eigenvalue weighted by molar-refractivity contribution is 5.81. The van der Waals surface area contributed by atoms with Crippen molar-refractivity contribution in [3.8, 4) is 0 Å². The minimum Gasteiger partial charge on any atom is -0.354 e. The van der Waals surface area contributed by atoms with Crippen molar-refractivity contribution in [1.82, 2.24) is 25.1 Å². The summed E-state index contributed by atoms with van der Waals surface area (Å²) in [6.07, 6.45) is 9.11. The SMILES string of the molecule is O=C(NCC1CC1)[C@H]1Cn2ccnc2C2(CCN(C(=O)NC3CC3)CC2)O1. The Morgan fingerprint density at radius 3 is 2.70 bits per heavy atom. The highest BCUT2D eigenvalue weighted by Gasteiger charge is 2.48. The molecule has 1 aromatic rings. The van der Waals surface area contributed by atoms with Gasteiger partial charge in [-0.05, 0) is 31.6 Å². The molecule has 0 radical (unpaired) electrons. The fraction of sp³-hybridized carbons (Fsp3) is 0.737. The van der Waals surface area contributed by atoms with Gasteiger partial charge in [-0.3, -0.25) is 4.79 Å². The lowest BCUT2D eigenvalue weighted by Gasteiger charge is -2.45. The van der Waals surface area contributed by atoms with Crippen molar-refractivity contribution in [2.45, 2.75) is 62.8 Å². The number of amides is 3. The van der Waals surface area contributed by atoms with Gasteiger partial charge in [-0.15, -0.1) is 0 Å². The van der Waals surface area contributed by atoms with E-state index in [1.54, 1.807) is 6.20 Å². The highest BCUT2D eigenvalue weighted by atomic mass is 16.5. The van der Waals surface area contributed by atoms with E-state index in [4.69, 9.17) is 4.74 Å². The van der Waals surface area contributed by atoms with E-state index in [-0.39, 0.29) is 11.9 Å². The number of rotatable bonds is 4. The Balaban J connectivity index is 1.27. The molecule has 0 aromatic carbocycles. The first-order chi connectivity index (χ1) is 13.1. The molecule has 0 bridgehead atoms. The number of nitrogens with one attached hydrogen (secondary N) is 2. The Bertz CT molecular complexity index is 731. The number of carbonyl (C=O) groups is 2. The normalized spacial score (nSPS) is 26.5. The quantitative estimate of drug-likeness (QED) is 0.823. The van der Waals surface area contributed by atoms with Crippen LogP contribution in [0, 0.1) is 5.92 Å². The molecule has 2 N–H and O–H groups in total. The highest BCUT2D eigenvalue weighted by Crippen LogP contribution is 2.40. The van der Waals surface area contributed by atoms with Gasteiger partial charge in [-0.25, -0.2) is 9.78 Å². The van der Waals surface area contributed by atoms with E-state index in [1.165, 1.54) is 12.8 Å². The summed E-state index contributed by atoms with van der Waals surface area (Å²) in [5.74, 6) is 1.49. The van der Waals surface area contributed by atoms with Crippen LogP contribution in [0.15, 0.2) is 12.4 Å². The summed E-state index contributed by atoms with van der Waals surface area (Å²) >= 11 is 0. The van der Waals surface area contributed by atoms with Crippen LogP contribution in [0.2, 0.25) is 0 Å². The molecule has 0 unspecified atom stereocenters. The summed E-state index contributed by atoms with van der Waals surface area (Å²) < 4.78 is 8.43. The van der Waals surface area contributed by atoms with Crippen molar-refractivity contribution >= 4 is 11.9 Å². The van der Waals surface area contributed by atoms with Gasteiger partial charge >= 0.3 is 6.03 Å². The van der Waals surface area contributed by atoms with E-state index in [0.29, 0.717) is 44.4 Å². The summed E-state index contributed by atoms with van der Waals surface area (Å²) in [5, 5.41) is 6.09. The van der Waals surface area contributed by atoms with Crippen molar-refractivity contribution in [3.05, 3.63) is 18.2 Å². The maximum Gasteiger partial charge on any atom is 0.317 e. The molecule has 2 aliphatic heterocycles. The number of nitrogens with zero attached hydrogens (tertiary/aromatic N) is 3. The summed E-state index contributed by atoms with van der Waals surface area (Å²) in [6, 6.07) is 0.378. The third-order valence-corrected chi connectivity index (χ3v) is 6.17. The van der Waals surface area contributed by atoms with Crippen molar-refractivity contribution in [2.75, 3.05) is 19.6 Å². The van der Waals surface area contributed by atoms with Crippen molar-refractivity contribution in [2.24, 2.45) is 5.92 Å². The third kappa shape index (κ3) is 3.42. The van der Waals surface area contributed by atoms with E-state index in [1.807, 2.05) is 15.7 Å². The number of aromatic nitrogens is 2. The summed E-state index contributed by atoms with van der Waals surface area (Å²) in [4.78, 5) is 31.4. The lowest BCUT2D eigenvalue weighted by Crippen LogP contribution is -2.56. The first kappa shape index (κ1) is 17.0. The Morgan fingerprint density at radius 2 is 2.00 bits per heavy atom. The summed E-state index contributed by atoms with van der Waals surface area (Å²) in [6.45, 7) is 2.47. The van der Waals surface area contributed by atoms with Crippen LogP contribution in [0.4, 0.5) is 4.79 Å². The van der Waals surface area contributed by atoms with Gasteiger partial charge in [0.15, 0.2) is 6.10 Å². The van der Waals surface area contributed by atoms with E-state index < -0.39 is 11.7 Å². The zero-order valence-electron chi connectivity index (χ0n) is 15.5. The van der Waals surface area contributed by atoms with E-state index in [2.05, 4.69) is 15.6 Å². The molecular formula is C19H27N5O3. The van der Waals surface area contributed by atoms with Crippen molar-refractivity contribution < 1.29 is 14.3 Å². The fourth-order valence-corrected chi connectivity index (χ4v) is 4.12. The number of fused-ring (bicyclic) bond motifs is 2. The number of hydrogen-bond donors (Lipinski definition) is 2. The second-order valence-electron chi connectivity index (χ2n) is 8.40. The first-order valence-electron chi connectivity index (χ1n) is 10.2. The zero-order valence-corrected chi connectivity index (χ0v) is 15.5. The monoisotopic (exact) mass is 373 g/mol. The predicted molar refractivity (Wildman–Crippen MR) is 96.9 cm³/mol. The van der Waals surface area contributed by atoms with E-state index in [0.717, 1.165) is 25.2 Å². The van der Waals surface area contributed by atoms with Crippen LogP contribution in [0.25, 0.3) is 0 Å². The molecule has 2 saturated carbocycles. The number of piperidine rings is 1. The molecule has 8 nitrogen and oxygen atoms in total. The molecule has 4 aliphatic rings. The van der Waals surface area contributed by atoms with Crippen molar-refractivity contribution in [3.63, 3.8) is 0 Å². The molecule has 1 saturated heterocycles. The third-order valence-electron chi connectivity index (χ3n) is 6.17. The number of urea groups is 1. The molecule has 2 aliphatic carbocycles. The standard InChI is InChI=1S/C19H27N5O3/c25-16(21-11-13-1-2-13)15-12-24-10-7-20-17(24)19(27-15)5-8-23(9-6-19)18(26)22-14-3-4-14/h7,10,13-15H,1-6,8-9,11-12H2,(H,21,25)(H,22,26)/t15-/m1/s1. The first-order valence-corrected chi connectivity index (χ1v) is 10.2. The van der Waals surface area contributed by atoms with Gasteiger partial charge in [-0.2, -0.15) is 0 Å². The molecular weight excluding hydrogens is 346 g/mol. The number of carbonyl (C=O) groups excluding carboxylic acids is 2. The van der Waals surface area contributed by atoms with Crippen LogP contribution >= 0.6 is 0 Å². The number of imidazole rings is 1. The van der Waals surface area contributed by atoms with E-state index >= 15 is 0 Å². The van der Waals surface area contributed by atoms with Gasteiger partial charge in [-0.1, -0.05) is 0 Å². The lowest BCUT2D eigenvalue weighted by atomic mass is 9.88. The maximum atomic E-state index is 12.6. The Morgan fingerprint density at radius 1 is 1.22 bits per heavy atom. The number of ether oxygens (including phenoxy) is 1. The molecule has 146 valence electrons. The molecule has 3 amide bonds. The van der Waals surface area contributed by atoms with Crippen LogP contribution in [0.5, 0.6) is 0 Å². The second-order valence-corrected chi connectivity index (χ2v) is 8.40. The van der Waals surface area contributed by atoms with Crippen LogP contribution in [-0.4, -0.2) is 58.2 Å². The minimum absolute atomic E-state index is 0.0187. The van der Waals surface area contributed by atoms with Crippen LogP contribution < -0.4 is 10.6 Å². The Kier molecular flexibility index (Phi) is 4.11. The number of hydrogen-bond acceptors (Lipinski definition) is 4. The maximum absolute atomic E-state index is 12.6. The lowest BCUT2D eigenvalue weighted by molar-refractivity contribution is -0.171. The van der Waals surface area contributed by atoms with Gasteiger partial charge in [0.1, 0.15) is 11.4 Å². The summed E-state index contributed by atoms with van der Waals surface area (Å²) in [5.41, 5.74) is -0.584. The van der Waals surface area contributed by atoms with Gasteiger partial charge in [0.2, 0.25) is 0 Å². The average Bonchev–Trinajstić information content (AvgIpc) is 3.60. The molecule has 27 heavy (non-hydrogen) atoms. The zero-order chi connectivity index (χ0) is 18.4. The van der Waals surface area contributed by atoms with Crippen LogP contribution in [-0.2, 0) is 21.7 Å². The van der Waals surface area contributed by atoms with Gasteiger partial charge in [0.05, 0.1) is 6.54 Å². The van der Waals surface area contributed by atoms with Crippen LogP contribution in [0.3, 0.4) is 0 Å². The predicted octanol–water partition coefficient (Wildman–Crippen LogP) is 0.971. The summed E-state index contributed by atoms with van der Waals surface area (Å²) in [7, 11) is 0. The molecule has 3 heterocycles. The molecule has 1 aromatic heterocycles. The molecule has 5 rings (SSSR count). The molecule has 3 fully saturated rings. The fourth-order valence-electron chi connectivity index (χ4n) is 4.12. The average molecular weight is 373 g/mol. The second kappa shape index (κ2) is 6.51. The molecule has 1 atom stereocenters. The smallest absolute Gasteiger partial charge is 0.317 e. The minimum atomic E-state index is -0.584. The van der Waals surface area contributed by atoms with Gasteiger partial charge in [0, 0.05) is 50.9 Å². The van der Waals surface area contributed by atoms with E-state index in [9.17, 15) is 9.59 Å². The Labute approximate surface area is 158 Å². The number of likely N-dealkylation sites (tertiary alicyclic amines) is 1. The largest absolute Gasteiger partial charge is 0.354 e. The topological polar surface area (TPSA) is 88.5 Å². The molecule has 8 heteroatoms. The van der Waals surface area contributed by atoms with Gasteiger partial charge < -0.3 is 24.8 Å². The van der Waals surface area contributed by atoms with Gasteiger partial charge in [0.25, 0.3) is 5.91 Å². The van der Waals surface area contributed by atoms with Crippen LogP contribution in [0.1, 0.15) is 44.3 Å². The Hall–Kier alpha value is -2.09.